The molecule has 2 aliphatic rings. The van der Waals surface area contributed by atoms with Crippen LogP contribution in [0.1, 0.15) is 30.1 Å². The maximum atomic E-state index is 12.5. The summed E-state index contributed by atoms with van der Waals surface area (Å²) in [6, 6.07) is 0. The van der Waals surface area contributed by atoms with Gasteiger partial charge in [-0.1, -0.05) is 6.92 Å². The third kappa shape index (κ3) is 4.64. The standard InChI is InChI=1S/C17H27N5O2/c1-14-3-2-5-22(13-14)16(23)15-11-19-17(20-12-15)18-4-6-21-7-9-24-10-8-21/h11-12,14H,2-10,13H2,1H3,(H,18,19,20). The lowest BCUT2D eigenvalue weighted by atomic mass is 10.00. The Balaban J connectivity index is 1.46. The molecule has 1 aromatic heterocycles. The quantitative estimate of drug-likeness (QED) is 0.870. The summed E-state index contributed by atoms with van der Waals surface area (Å²) in [6.45, 7) is 9.16. The lowest BCUT2D eigenvalue weighted by Crippen LogP contribution is -2.39. The van der Waals surface area contributed by atoms with E-state index in [0.717, 1.165) is 58.9 Å². The van der Waals surface area contributed by atoms with E-state index < -0.39 is 0 Å². The normalized spacial score (nSPS) is 22.4. The molecule has 2 fully saturated rings. The topological polar surface area (TPSA) is 70.6 Å². The van der Waals surface area contributed by atoms with E-state index in [1.807, 2.05) is 4.90 Å². The molecule has 7 nitrogen and oxygen atoms in total. The zero-order valence-electron chi connectivity index (χ0n) is 14.4. The van der Waals surface area contributed by atoms with Gasteiger partial charge in [0.05, 0.1) is 18.8 Å². The third-order valence-electron chi connectivity index (χ3n) is 4.66. The number of rotatable bonds is 5. The maximum Gasteiger partial charge on any atom is 0.257 e. The number of ether oxygens (including phenoxy) is 1. The monoisotopic (exact) mass is 333 g/mol. The van der Waals surface area contributed by atoms with Crippen LogP contribution >= 0.6 is 0 Å². The number of nitrogens with one attached hydrogen (secondary N) is 1. The molecule has 2 aliphatic heterocycles. The Morgan fingerprint density at radius 2 is 2.04 bits per heavy atom. The molecule has 0 aromatic carbocycles. The second-order valence-electron chi connectivity index (χ2n) is 6.67. The number of likely N-dealkylation sites (tertiary alicyclic amines) is 1. The van der Waals surface area contributed by atoms with Crippen molar-refractivity contribution in [3.63, 3.8) is 0 Å². The summed E-state index contributed by atoms with van der Waals surface area (Å²) in [6.07, 6.45) is 5.54. The van der Waals surface area contributed by atoms with Crippen LogP contribution in [0, 0.1) is 5.92 Å². The van der Waals surface area contributed by atoms with Gasteiger partial charge in [0.15, 0.2) is 0 Å². The summed E-state index contributed by atoms with van der Waals surface area (Å²) < 4.78 is 5.33. The molecule has 0 saturated carbocycles. The molecule has 3 rings (SSSR count). The van der Waals surface area contributed by atoms with E-state index in [1.54, 1.807) is 12.4 Å². The van der Waals surface area contributed by atoms with Gasteiger partial charge in [0.25, 0.3) is 5.91 Å². The van der Waals surface area contributed by atoms with Crippen LogP contribution in [-0.2, 0) is 4.74 Å². The van der Waals surface area contributed by atoms with E-state index in [2.05, 4.69) is 27.1 Å². The van der Waals surface area contributed by atoms with Crippen LogP contribution in [0.3, 0.4) is 0 Å². The highest BCUT2D eigenvalue weighted by atomic mass is 16.5. The molecule has 2 saturated heterocycles. The summed E-state index contributed by atoms with van der Waals surface area (Å²) in [5, 5.41) is 3.22. The largest absolute Gasteiger partial charge is 0.379 e. The van der Waals surface area contributed by atoms with E-state index in [1.165, 1.54) is 6.42 Å². The minimum atomic E-state index is 0.0430. The highest BCUT2D eigenvalue weighted by Gasteiger charge is 2.22. The molecule has 1 aromatic rings. The molecule has 24 heavy (non-hydrogen) atoms. The van der Waals surface area contributed by atoms with Crippen molar-refractivity contribution in [2.24, 2.45) is 5.92 Å². The van der Waals surface area contributed by atoms with Gasteiger partial charge in [-0.25, -0.2) is 9.97 Å². The van der Waals surface area contributed by atoms with Crippen LogP contribution in [0.15, 0.2) is 12.4 Å². The van der Waals surface area contributed by atoms with E-state index in [4.69, 9.17) is 4.74 Å². The fourth-order valence-corrected chi connectivity index (χ4v) is 3.24. The molecule has 7 heteroatoms. The molecule has 3 heterocycles. The van der Waals surface area contributed by atoms with Gasteiger partial charge >= 0.3 is 0 Å². The Morgan fingerprint density at radius 1 is 1.29 bits per heavy atom. The van der Waals surface area contributed by atoms with Gasteiger partial charge in [-0.05, 0) is 18.8 Å². The van der Waals surface area contributed by atoms with Crippen LogP contribution < -0.4 is 5.32 Å². The van der Waals surface area contributed by atoms with Crippen molar-refractivity contribution in [1.29, 1.82) is 0 Å². The Bertz CT molecular complexity index is 530. The van der Waals surface area contributed by atoms with Gasteiger partial charge < -0.3 is 15.0 Å². The van der Waals surface area contributed by atoms with Crippen molar-refractivity contribution in [1.82, 2.24) is 19.8 Å². The first kappa shape index (κ1) is 17.1. The smallest absolute Gasteiger partial charge is 0.257 e. The molecule has 0 bridgehead atoms. The fourth-order valence-electron chi connectivity index (χ4n) is 3.24. The molecule has 0 aliphatic carbocycles. The second kappa shape index (κ2) is 8.39. The first-order valence-electron chi connectivity index (χ1n) is 8.87. The molecule has 1 amide bonds. The van der Waals surface area contributed by atoms with Gasteiger partial charge in [0.1, 0.15) is 0 Å². The SMILES string of the molecule is CC1CCCN(C(=O)c2cnc(NCCN3CCOCC3)nc2)C1. The van der Waals surface area contributed by atoms with Crippen molar-refractivity contribution in [2.75, 3.05) is 57.8 Å². The molecule has 1 N–H and O–H groups in total. The lowest BCUT2D eigenvalue weighted by Gasteiger charge is -2.30. The molecule has 0 spiro atoms. The average Bonchev–Trinajstić information content (AvgIpc) is 2.63. The summed E-state index contributed by atoms with van der Waals surface area (Å²) in [7, 11) is 0. The number of nitrogens with zero attached hydrogens (tertiary/aromatic N) is 4. The van der Waals surface area contributed by atoms with Crippen LogP contribution in [0.4, 0.5) is 5.95 Å². The van der Waals surface area contributed by atoms with Gasteiger partial charge in [0.2, 0.25) is 5.95 Å². The fraction of sp³-hybridized carbons (Fsp3) is 0.706. The van der Waals surface area contributed by atoms with Gasteiger partial charge in [0, 0.05) is 51.7 Å². The lowest BCUT2D eigenvalue weighted by molar-refractivity contribution is 0.0398. The van der Waals surface area contributed by atoms with Gasteiger partial charge in [-0.3, -0.25) is 9.69 Å². The first-order chi connectivity index (χ1) is 11.7. The van der Waals surface area contributed by atoms with Crippen molar-refractivity contribution in [3.8, 4) is 0 Å². The molecule has 1 unspecified atom stereocenters. The molecule has 0 radical (unpaired) electrons. The van der Waals surface area contributed by atoms with Crippen molar-refractivity contribution in [2.45, 2.75) is 19.8 Å². The highest BCUT2D eigenvalue weighted by Crippen LogP contribution is 2.17. The zero-order chi connectivity index (χ0) is 16.8. The Kier molecular flexibility index (Phi) is 5.98. The number of piperidine rings is 1. The summed E-state index contributed by atoms with van der Waals surface area (Å²) in [5.74, 6) is 1.19. The number of hydrogen-bond acceptors (Lipinski definition) is 6. The Morgan fingerprint density at radius 3 is 2.75 bits per heavy atom. The van der Waals surface area contributed by atoms with Gasteiger partial charge in [-0.2, -0.15) is 0 Å². The number of carbonyl (C=O) groups excluding carboxylic acids is 1. The number of anilines is 1. The number of morpholine rings is 1. The van der Waals surface area contributed by atoms with Crippen molar-refractivity contribution >= 4 is 11.9 Å². The predicted molar refractivity (Wildman–Crippen MR) is 92.1 cm³/mol. The first-order valence-corrected chi connectivity index (χ1v) is 8.87. The summed E-state index contributed by atoms with van der Waals surface area (Å²) >= 11 is 0. The summed E-state index contributed by atoms with van der Waals surface area (Å²) in [4.78, 5) is 25.3. The van der Waals surface area contributed by atoms with Gasteiger partial charge in [-0.15, -0.1) is 0 Å². The number of aromatic nitrogens is 2. The molecule has 132 valence electrons. The molecular weight excluding hydrogens is 306 g/mol. The molecular formula is C17H27N5O2. The van der Waals surface area contributed by atoms with Crippen LogP contribution in [-0.4, -0.2) is 78.2 Å². The van der Waals surface area contributed by atoms with Crippen LogP contribution in [0.25, 0.3) is 0 Å². The molecule has 1 atom stereocenters. The van der Waals surface area contributed by atoms with E-state index >= 15 is 0 Å². The minimum absolute atomic E-state index is 0.0430. The zero-order valence-corrected chi connectivity index (χ0v) is 14.4. The van der Waals surface area contributed by atoms with Crippen molar-refractivity contribution in [3.05, 3.63) is 18.0 Å². The van der Waals surface area contributed by atoms with E-state index in [-0.39, 0.29) is 5.91 Å². The maximum absolute atomic E-state index is 12.5. The Labute approximate surface area is 143 Å². The van der Waals surface area contributed by atoms with Crippen molar-refractivity contribution < 1.29 is 9.53 Å². The summed E-state index contributed by atoms with van der Waals surface area (Å²) in [5.41, 5.74) is 0.572. The number of carbonyl (C=O) groups is 1. The third-order valence-corrected chi connectivity index (χ3v) is 4.66. The van der Waals surface area contributed by atoms with E-state index in [0.29, 0.717) is 17.4 Å². The number of amides is 1. The van der Waals surface area contributed by atoms with E-state index in [9.17, 15) is 4.79 Å². The predicted octanol–water partition coefficient (Wildman–Crippen LogP) is 1.09. The second-order valence-corrected chi connectivity index (χ2v) is 6.67. The highest BCUT2D eigenvalue weighted by molar-refractivity contribution is 5.93. The number of hydrogen-bond donors (Lipinski definition) is 1. The Hall–Kier alpha value is -1.73. The average molecular weight is 333 g/mol. The van der Waals surface area contributed by atoms with Crippen LogP contribution in [0.2, 0.25) is 0 Å². The minimum Gasteiger partial charge on any atom is -0.379 e. The van der Waals surface area contributed by atoms with Crippen LogP contribution in [0.5, 0.6) is 0 Å².